The van der Waals surface area contributed by atoms with Gasteiger partial charge in [-0.1, -0.05) is 28.1 Å². The number of aromatic nitrogens is 1. The Morgan fingerprint density at radius 3 is 2.40 bits per heavy atom. The maximum Gasteiger partial charge on any atom is 0.233 e. The van der Waals surface area contributed by atoms with Crippen molar-refractivity contribution in [2.45, 2.75) is 0 Å². The molecule has 0 atom stereocenters. The van der Waals surface area contributed by atoms with Crippen LogP contribution in [0.25, 0.3) is 10.9 Å². The van der Waals surface area contributed by atoms with Crippen molar-refractivity contribution in [3.63, 3.8) is 0 Å². The minimum absolute atomic E-state index is 0.388. The first kappa shape index (κ1) is 12.8. The molecule has 0 fully saturated rings. The average molecular weight is 328 g/mol. The fourth-order valence-corrected chi connectivity index (χ4v) is 2.49. The Morgan fingerprint density at radius 1 is 0.900 bits per heavy atom. The molecule has 0 radical (unpaired) electrons. The van der Waals surface area contributed by atoms with E-state index in [1.807, 2.05) is 12.1 Å². The molecule has 2 aromatic carbocycles. The van der Waals surface area contributed by atoms with E-state index >= 15 is 0 Å². The number of benzene rings is 2. The van der Waals surface area contributed by atoms with Gasteiger partial charge in [0.1, 0.15) is 0 Å². The number of carbonyl (C=O) groups is 2. The highest BCUT2D eigenvalue weighted by atomic mass is 79.9. The summed E-state index contributed by atoms with van der Waals surface area (Å²) < 4.78 is 0.775. The summed E-state index contributed by atoms with van der Waals surface area (Å²) in [6.07, 6.45) is 1.80. The van der Waals surface area contributed by atoms with Gasteiger partial charge < -0.3 is 4.98 Å². The van der Waals surface area contributed by atoms with Crippen LogP contribution < -0.4 is 0 Å². The number of halogens is 1. The van der Waals surface area contributed by atoms with E-state index in [4.69, 9.17) is 0 Å². The highest BCUT2D eigenvalue weighted by molar-refractivity contribution is 9.10. The summed E-state index contributed by atoms with van der Waals surface area (Å²) in [7, 11) is 0. The third-order valence-corrected chi connectivity index (χ3v) is 3.60. The van der Waals surface area contributed by atoms with Crippen molar-refractivity contribution >= 4 is 38.4 Å². The van der Waals surface area contributed by atoms with Crippen LogP contribution in [0.1, 0.15) is 20.7 Å². The SMILES string of the molecule is O=C(C(=O)c1ccc2[nH]ccc2c1)c1cccc(Br)c1. The number of carbonyl (C=O) groups excluding carboxylic acids is 2. The molecule has 0 saturated carbocycles. The minimum Gasteiger partial charge on any atom is -0.361 e. The largest absolute Gasteiger partial charge is 0.361 e. The van der Waals surface area contributed by atoms with Gasteiger partial charge in [-0.3, -0.25) is 9.59 Å². The third-order valence-electron chi connectivity index (χ3n) is 3.11. The predicted octanol–water partition coefficient (Wildman–Crippen LogP) is 4.00. The Balaban J connectivity index is 1.97. The lowest BCUT2D eigenvalue weighted by Crippen LogP contribution is -2.14. The maximum atomic E-state index is 12.2. The number of hydrogen-bond acceptors (Lipinski definition) is 2. The van der Waals surface area contributed by atoms with Gasteiger partial charge in [0.25, 0.3) is 0 Å². The van der Waals surface area contributed by atoms with Crippen LogP contribution in [0.15, 0.2) is 59.2 Å². The Labute approximate surface area is 123 Å². The second kappa shape index (κ2) is 5.06. The molecule has 0 aliphatic carbocycles. The summed E-state index contributed by atoms with van der Waals surface area (Å²) in [5, 5.41) is 0.915. The predicted molar refractivity (Wildman–Crippen MR) is 81.1 cm³/mol. The number of hydrogen-bond donors (Lipinski definition) is 1. The van der Waals surface area contributed by atoms with Crippen LogP contribution >= 0.6 is 15.9 Å². The van der Waals surface area contributed by atoms with E-state index < -0.39 is 11.6 Å². The van der Waals surface area contributed by atoms with Gasteiger partial charge in [-0.15, -0.1) is 0 Å². The van der Waals surface area contributed by atoms with Crippen LogP contribution in [0.2, 0.25) is 0 Å². The van der Waals surface area contributed by atoms with Crippen LogP contribution in [-0.4, -0.2) is 16.6 Å². The van der Waals surface area contributed by atoms with Crippen molar-refractivity contribution in [2.75, 3.05) is 0 Å². The lowest BCUT2D eigenvalue weighted by Gasteiger charge is -2.02. The second-order valence-electron chi connectivity index (χ2n) is 4.45. The molecule has 0 spiro atoms. The van der Waals surface area contributed by atoms with E-state index in [1.54, 1.807) is 42.6 Å². The summed E-state index contributed by atoms with van der Waals surface area (Å²) in [4.78, 5) is 27.5. The standard InChI is InChI=1S/C16H10BrNO2/c17-13-3-1-2-11(9-13)15(19)16(20)12-4-5-14-10(8-12)6-7-18-14/h1-9,18H. The van der Waals surface area contributed by atoms with Crippen molar-refractivity contribution in [1.29, 1.82) is 0 Å². The molecular weight excluding hydrogens is 318 g/mol. The van der Waals surface area contributed by atoms with Gasteiger partial charge >= 0.3 is 0 Å². The first-order valence-electron chi connectivity index (χ1n) is 6.07. The van der Waals surface area contributed by atoms with Gasteiger partial charge in [-0.05, 0) is 36.4 Å². The molecule has 1 aromatic heterocycles. The quantitative estimate of drug-likeness (QED) is 0.584. The monoisotopic (exact) mass is 327 g/mol. The number of aromatic amines is 1. The number of H-pyrrole nitrogens is 1. The Bertz CT molecular complexity index is 820. The van der Waals surface area contributed by atoms with Crippen LogP contribution in [0.4, 0.5) is 0 Å². The second-order valence-corrected chi connectivity index (χ2v) is 5.36. The lowest BCUT2D eigenvalue weighted by molar-refractivity contribution is 0.0817. The first-order valence-corrected chi connectivity index (χ1v) is 6.86. The molecular formula is C16H10BrNO2. The van der Waals surface area contributed by atoms with E-state index in [9.17, 15) is 9.59 Å². The van der Waals surface area contributed by atoms with Gasteiger partial charge in [0.2, 0.25) is 11.6 Å². The molecule has 98 valence electrons. The lowest BCUT2D eigenvalue weighted by atomic mass is 10.0. The summed E-state index contributed by atoms with van der Waals surface area (Å²) in [6, 6.07) is 13.9. The molecule has 1 heterocycles. The zero-order valence-electron chi connectivity index (χ0n) is 10.4. The fourth-order valence-electron chi connectivity index (χ4n) is 2.09. The van der Waals surface area contributed by atoms with Crippen LogP contribution in [0, 0.1) is 0 Å². The van der Waals surface area contributed by atoms with Crippen molar-refractivity contribution in [3.8, 4) is 0 Å². The molecule has 3 aromatic rings. The summed E-state index contributed by atoms with van der Waals surface area (Å²) in [6.45, 7) is 0. The molecule has 3 rings (SSSR count). The van der Waals surface area contributed by atoms with Crippen LogP contribution in [0.5, 0.6) is 0 Å². The smallest absolute Gasteiger partial charge is 0.233 e. The van der Waals surface area contributed by atoms with Gasteiger partial charge in [0, 0.05) is 32.7 Å². The Kier molecular flexibility index (Phi) is 3.24. The molecule has 0 bridgehead atoms. The Hall–Kier alpha value is -2.20. The molecule has 0 aliphatic heterocycles. The normalized spacial score (nSPS) is 10.7. The molecule has 0 unspecified atom stereocenters. The Morgan fingerprint density at radius 2 is 1.65 bits per heavy atom. The molecule has 20 heavy (non-hydrogen) atoms. The number of rotatable bonds is 3. The number of ketones is 2. The zero-order chi connectivity index (χ0) is 14.1. The van der Waals surface area contributed by atoms with E-state index in [2.05, 4.69) is 20.9 Å². The van der Waals surface area contributed by atoms with Crippen molar-refractivity contribution in [1.82, 2.24) is 4.98 Å². The highest BCUT2D eigenvalue weighted by Gasteiger charge is 2.18. The van der Waals surface area contributed by atoms with Gasteiger partial charge in [-0.2, -0.15) is 0 Å². The average Bonchev–Trinajstić information content (AvgIpc) is 2.93. The van der Waals surface area contributed by atoms with E-state index in [1.165, 1.54) is 0 Å². The van der Waals surface area contributed by atoms with Crippen molar-refractivity contribution in [3.05, 3.63) is 70.3 Å². The topological polar surface area (TPSA) is 49.9 Å². The molecule has 4 heteroatoms. The maximum absolute atomic E-state index is 12.2. The van der Waals surface area contributed by atoms with Gasteiger partial charge in [0.05, 0.1) is 0 Å². The molecule has 0 amide bonds. The third kappa shape index (κ3) is 2.30. The van der Waals surface area contributed by atoms with E-state index in [0.29, 0.717) is 11.1 Å². The van der Waals surface area contributed by atoms with Gasteiger partial charge in [-0.25, -0.2) is 0 Å². The van der Waals surface area contributed by atoms with Crippen LogP contribution in [-0.2, 0) is 0 Å². The molecule has 0 aliphatic rings. The van der Waals surface area contributed by atoms with Crippen LogP contribution in [0.3, 0.4) is 0 Å². The molecule has 1 N–H and O–H groups in total. The summed E-state index contributed by atoms with van der Waals surface area (Å²) in [5.74, 6) is -0.993. The van der Waals surface area contributed by atoms with Crippen molar-refractivity contribution in [2.24, 2.45) is 0 Å². The first-order chi connectivity index (χ1) is 9.65. The highest BCUT2D eigenvalue weighted by Crippen LogP contribution is 2.17. The number of Topliss-reactive ketones (excluding diaryl/α,β-unsaturated/α-hetero) is 2. The van der Waals surface area contributed by atoms with E-state index in [-0.39, 0.29) is 0 Å². The van der Waals surface area contributed by atoms with E-state index in [0.717, 1.165) is 15.4 Å². The number of fused-ring (bicyclic) bond motifs is 1. The molecule has 0 saturated heterocycles. The summed E-state index contributed by atoms with van der Waals surface area (Å²) >= 11 is 3.30. The zero-order valence-corrected chi connectivity index (χ0v) is 12.0. The van der Waals surface area contributed by atoms with Crippen molar-refractivity contribution < 1.29 is 9.59 Å². The fraction of sp³-hybridized carbons (Fsp3) is 0. The van der Waals surface area contributed by atoms with Gasteiger partial charge in [0.15, 0.2) is 0 Å². The minimum atomic E-state index is -0.499. The summed E-state index contributed by atoms with van der Waals surface area (Å²) in [5.41, 5.74) is 1.73. The number of nitrogens with one attached hydrogen (secondary N) is 1. The molecule has 3 nitrogen and oxygen atoms in total.